The molecule has 106 valence electrons. The van der Waals surface area contributed by atoms with Crippen molar-refractivity contribution in [1.29, 1.82) is 0 Å². The van der Waals surface area contributed by atoms with Crippen LogP contribution < -0.4 is 10.1 Å². The number of nitrogens with one attached hydrogen (secondary N) is 1. The quantitative estimate of drug-likeness (QED) is 0.846. The van der Waals surface area contributed by atoms with E-state index in [0.717, 1.165) is 12.3 Å². The zero-order valence-corrected chi connectivity index (χ0v) is 12.5. The van der Waals surface area contributed by atoms with Crippen LogP contribution in [0.2, 0.25) is 0 Å². The van der Waals surface area contributed by atoms with Gasteiger partial charge in [-0.1, -0.05) is 36.4 Å². The molecule has 0 amide bonds. The highest BCUT2D eigenvalue weighted by Crippen LogP contribution is 2.18. The first-order chi connectivity index (χ1) is 9.70. The van der Waals surface area contributed by atoms with E-state index in [4.69, 9.17) is 4.74 Å². The Kier molecular flexibility index (Phi) is 5.19. The fourth-order valence-electron chi connectivity index (χ4n) is 2.32. The summed E-state index contributed by atoms with van der Waals surface area (Å²) in [4.78, 5) is 0. The number of hydrogen-bond donors (Lipinski definition) is 1. The molecule has 0 aliphatic carbocycles. The first-order valence-electron chi connectivity index (χ1n) is 7.21. The topological polar surface area (TPSA) is 21.3 Å². The highest BCUT2D eigenvalue weighted by molar-refractivity contribution is 5.29. The Bertz CT molecular complexity index is 533. The lowest BCUT2D eigenvalue weighted by Crippen LogP contribution is -2.18. The van der Waals surface area contributed by atoms with Crippen molar-refractivity contribution in [3.05, 3.63) is 65.2 Å². The van der Waals surface area contributed by atoms with Gasteiger partial charge in [-0.2, -0.15) is 0 Å². The molecule has 0 heterocycles. The largest absolute Gasteiger partial charge is 0.494 e. The zero-order chi connectivity index (χ0) is 14.4. The third-order valence-corrected chi connectivity index (χ3v) is 3.50. The average Bonchev–Trinajstić information content (AvgIpc) is 2.47. The molecule has 0 radical (unpaired) electrons. The van der Waals surface area contributed by atoms with Gasteiger partial charge in [-0.05, 0) is 49.6 Å². The summed E-state index contributed by atoms with van der Waals surface area (Å²) >= 11 is 0. The van der Waals surface area contributed by atoms with Crippen molar-refractivity contribution in [2.45, 2.75) is 33.4 Å². The molecule has 0 aromatic heterocycles. The second kappa shape index (κ2) is 7.11. The summed E-state index contributed by atoms with van der Waals surface area (Å²) in [5.74, 6) is 0.934. The van der Waals surface area contributed by atoms with Crippen LogP contribution in [0.4, 0.5) is 0 Å². The smallest absolute Gasteiger partial charge is 0.119 e. The lowest BCUT2D eigenvalue weighted by atomic mass is 10.0. The third-order valence-electron chi connectivity index (χ3n) is 3.50. The van der Waals surface area contributed by atoms with Gasteiger partial charge in [0.05, 0.1) is 6.61 Å². The minimum absolute atomic E-state index is 0.350. The predicted octanol–water partition coefficient (Wildman–Crippen LogP) is 4.24. The van der Waals surface area contributed by atoms with Crippen molar-refractivity contribution in [1.82, 2.24) is 5.32 Å². The van der Waals surface area contributed by atoms with E-state index in [1.54, 1.807) is 0 Å². The molecule has 0 bridgehead atoms. The van der Waals surface area contributed by atoms with E-state index in [1.807, 2.05) is 19.1 Å². The Morgan fingerprint density at radius 2 is 1.75 bits per heavy atom. The van der Waals surface area contributed by atoms with E-state index >= 15 is 0 Å². The van der Waals surface area contributed by atoms with Crippen molar-refractivity contribution in [2.75, 3.05) is 6.61 Å². The molecule has 0 saturated heterocycles. The Morgan fingerprint density at radius 3 is 2.40 bits per heavy atom. The number of aryl methyl sites for hydroxylation is 1. The molecule has 0 aliphatic heterocycles. The normalized spacial score (nSPS) is 12.2. The van der Waals surface area contributed by atoms with Crippen LogP contribution in [0.25, 0.3) is 0 Å². The highest BCUT2D eigenvalue weighted by Gasteiger charge is 2.07. The summed E-state index contributed by atoms with van der Waals surface area (Å²) < 4.78 is 5.45. The lowest BCUT2D eigenvalue weighted by Gasteiger charge is -2.16. The molecule has 0 saturated carbocycles. The van der Waals surface area contributed by atoms with Gasteiger partial charge in [-0.25, -0.2) is 0 Å². The lowest BCUT2D eigenvalue weighted by molar-refractivity contribution is 0.340. The van der Waals surface area contributed by atoms with Gasteiger partial charge in [0.15, 0.2) is 0 Å². The van der Waals surface area contributed by atoms with Crippen molar-refractivity contribution in [3.63, 3.8) is 0 Å². The monoisotopic (exact) mass is 269 g/mol. The fourth-order valence-corrected chi connectivity index (χ4v) is 2.32. The second-order valence-electron chi connectivity index (χ2n) is 5.04. The molecule has 2 rings (SSSR count). The molecule has 0 aliphatic rings. The Morgan fingerprint density at radius 1 is 1.05 bits per heavy atom. The Balaban J connectivity index is 1.93. The summed E-state index contributed by atoms with van der Waals surface area (Å²) in [5, 5.41) is 3.57. The molecule has 2 aromatic rings. The molecule has 1 unspecified atom stereocenters. The van der Waals surface area contributed by atoms with E-state index < -0.39 is 0 Å². The van der Waals surface area contributed by atoms with E-state index in [1.165, 1.54) is 16.7 Å². The average molecular weight is 269 g/mol. The molecule has 2 heteroatoms. The van der Waals surface area contributed by atoms with Gasteiger partial charge in [0.2, 0.25) is 0 Å². The van der Waals surface area contributed by atoms with Crippen molar-refractivity contribution in [3.8, 4) is 5.75 Å². The van der Waals surface area contributed by atoms with Gasteiger partial charge in [-0.15, -0.1) is 0 Å². The molecular weight excluding hydrogens is 246 g/mol. The van der Waals surface area contributed by atoms with Crippen LogP contribution in [-0.2, 0) is 6.54 Å². The number of hydrogen-bond acceptors (Lipinski definition) is 2. The molecule has 1 atom stereocenters. The second-order valence-corrected chi connectivity index (χ2v) is 5.04. The zero-order valence-electron chi connectivity index (χ0n) is 12.5. The maximum absolute atomic E-state index is 5.45. The van der Waals surface area contributed by atoms with E-state index in [9.17, 15) is 0 Å². The maximum atomic E-state index is 5.45. The summed E-state index contributed by atoms with van der Waals surface area (Å²) in [6.07, 6.45) is 0. The minimum Gasteiger partial charge on any atom is -0.494 e. The number of rotatable bonds is 6. The van der Waals surface area contributed by atoms with Gasteiger partial charge in [0.1, 0.15) is 5.75 Å². The Labute approximate surface area is 121 Å². The molecule has 2 nitrogen and oxygen atoms in total. The van der Waals surface area contributed by atoms with Crippen LogP contribution in [0.5, 0.6) is 5.75 Å². The van der Waals surface area contributed by atoms with Gasteiger partial charge < -0.3 is 10.1 Å². The summed E-state index contributed by atoms with van der Waals surface area (Å²) in [5.41, 5.74) is 3.96. The van der Waals surface area contributed by atoms with Crippen LogP contribution in [0.1, 0.15) is 36.6 Å². The summed E-state index contributed by atoms with van der Waals surface area (Å²) in [6.45, 7) is 7.93. The fraction of sp³-hybridized carbons (Fsp3) is 0.333. The summed E-state index contributed by atoms with van der Waals surface area (Å²) in [7, 11) is 0. The van der Waals surface area contributed by atoms with Crippen LogP contribution in [0, 0.1) is 6.92 Å². The predicted molar refractivity (Wildman–Crippen MR) is 84.0 cm³/mol. The molecule has 0 spiro atoms. The van der Waals surface area contributed by atoms with Crippen LogP contribution in [0.15, 0.2) is 48.5 Å². The standard InChI is InChI=1S/C18H23NO/c1-4-20-17-11-9-16(10-12-17)13-19-15(3)18-8-6-5-7-14(18)2/h5-12,15,19H,4,13H2,1-3H3. The van der Waals surface area contributed by atoms with Gasteiger partial charge in [0, 0.05) is 12.6 Å². The number of benzene rings is 2. The van der Waals surface area contributed by atoms with Crippen LogP contribution >= 0.6 is 0 Å². The molecule has 0 fully saturated rings. The Hall–Kier alpha value is -1.80. The van der Waals surface area contributed by atoms with E-state index in [0.29, 0.717) is 12.6 Å². The maximum Gasteiger partial charge on any atom is 0.119 e. The molecule has 2 aromatic carbocycles. The minimum atomic E-state index is 0.350. The molecular formula is C18H23NO. The van der Waals surface area contributed by atoms with Crippen LogP contribution in [-0.4, -0.2) is 6.61 Å². The van der Waals surface area contributed by atoms with Gasteiger partial charge in [0.25, 0.3) is 0 Å². The molecule has 20 heavy (non-hydrogen) atoms. The summed E-state index contributed by atoms with van der Waals surface area (Å²) in [6, 6.07) is 17.1. The first kappa shape index (κ1) is 14.6. The number of ether oxygens (including phenoxy) is 1. The van der Waals surface area contributed by atoms with Gasteiger partial charge >= 0.3 is 0 Å². The SMILES string of the molecule is CCOc1ccc(CNC(C)c2ccccc2C)cc1. The van der Waals surface area contributed by atoms with E-state index in [-0.39, 0.29) is 0 Å². The first-order valence-corrected chi connectivity index (χ1v) is 7.21. The highest BCUT2D eigenvalue weighted by atomic mass is 16.5. The van der Waals surface area contributed by atoms with Crippen molar-refractivity contribution < 1.29 is 4.74 Å². The third kappa shape index (κ3) is 3.84. The van der Waals surface area contributed by atoms with Crippen molar-refractivity contribution >= 4 is 0 Å². The van der Waals surface area contributed by atoms with Crippen molar-refractivity contribution in [2.24, 2.45) is 0 Å². The van der Waals surface area contributed by atoms with Crippen LogP contribution in [0.3, 0.4) is 0 Å². The molecule has 1 N–H and O–H groups in total. The van der Waals surface area contributed by atoms with E-state index in [2.05, 4.69) is 55.6 Å². The van der Waals surface area contributed by atoms with Gasteiger partial charge in [-0.3, -0.25) is 0 Å².